The van der Waals surface area contributed by atoms with E-state index in [9.17, 15) is 19.1 Å². The van der Waals surface area contributed by atoms with Crippen LogP contribution in [-0.2, 0) is 16.0 Å². The van der Waals surface area contributed by atoms with E-state index < -0.39 is 29.8 Å². The van der Waals surface area contributed by atoms with Gasteiger partial charge in [-0.15, -0.1) is 0 Å². The molecule has 112 valence electrons. The number of carboxylic acid groups (broad SMARTS) is 1. The number of fused-ring (bicyclic) bond motifs is 1. The molecule has 2 unspecified atom stereocenters. The summed E-state index contributed by atoms with van der Waals surface area (Å²) in [4.78, 5) is 26.8. The molecule has 0 saturated carbocycles. The summed E-state index contributed by atoms with van der Waals surface area (Å²) < 4.78 is 14.5. The van der Waals surface area contributed by atoms with Gasteiger partial charge in [0, 0.05) is 12.4 Å². The lowest BCUT2D eigenvalue weighted by atomic mass is 10.2. The van der Waals surface area contributed by atoms with Crippen molar-refractivity contribution in [2.75, 3.05) is 0 Å². The van der Waals surface area contributed by atoms with Gasteiger partial charge in [-0.1, -0.05) is 0 Å². The number of amides is 1. The maximum atomic E-state index is 13.0. The first-order chi connectivity index (χ1) is 9.86. The molecule has 2 atom stereocenters. The fourth-order valence-corrected chi connectivity index (χ4v) is 1.88. The maximum Gasteiger partial charge on any atom is 0.328 e. The Kier molecular flexibility index (Phi) is 4.18. The number of carbonyl (C=O) groups excluding carboxylic acids is 1. The predicted molar refractivity (Wildman–Crippen MR) is 70.1 cm³/mol. The van der Waals surface area contributed by atoms with Gasteiger partial charge in [-0.25, -0.2) is 14.2 Å². The van der Waals surface area contributed by atoms with Crippen LogP contribution < -0.4 is 5.32 Å². The minimum absolute atomic E-state index is 0.167. The zero-order chi connectivity index (χ0) is 15.6. The van der Waals surface area contributed by atoms with E-state index in [0.717, 1.165) is 0 Å². The van der Waals surface area contributed by atoms with E-state index in [0.29, 0.717) is 11.3 Å². The van der Waals surface area contributed by atoms with Crippen LogP contribution in [0, 0.1) is 5.82 Å². The minimum Gasteiger partial charge on any atom is -0.480 e. The fourth-order valence-electron chi connectivity index (χ4n) is 1.88. The van der Waals surface area contributed by atoms with E-state index in [4.69, 9.17) is 5.11 Å². The van der Waals surface area contributed by atoms with Gasteiger partial charge < -0.3 is 19.9 Å². The Morgan fingerprint density at radius 2 is 2.14 bits per heavy atom. The Morgan fingerprint density at radius 3 is 2.76 bits per heavy atom. The molecule has 0 fully saturated rings. The van der Waals surface area contributed by atoms with Crippen molar-refractivity contribution in [1.29, 1.82) is 0 Å². The van der Waals surface area contributed by atoms with Gasteiger partial charge in [0.1, 0.15) is 11.5 Å². The molecule has 21 heavy (non-hydrogen) atoms. The molecule has 2 rings (SSSR count). The highest BCUT2D eigenvalue weighted by molar-refractivity contribution is 5.85. The number of nitrogens with one attached hydrogen (secondary N) is 1. The number of hydrogen-bond acceptors (Lipinski definition) is 4. The molecule has 2 aromatic heterocycles. The highest BCUT2D eigenvalue weighted by Gasteiger charge is 2.25. The summed E-state index contributed by atoms with van der Waals surface area (Å²) in [5, 5.41) is 20.4. The van der Waals surface area contributed by atoms with Crippen molar-refractivity contribution in [1.82, 2.24) is 14.7 Å². The lowest BCUT2D eigenvalue weighted by Gasteiger charge is -2.16. The molecule has 0 aromatic carbocycles. The molecule has 0 saturated heterocycles. The number of hydrogen-bond donors (Lipinski definition) is 3. The van der Waals surface area contributed by atoms with Crippen molar-refractivity contribution in [3.8, 4) is 0 Å². The highest BCUT2D eigenvalue weighted by Crippen LogP contribution is 2.07. The van der Waals surface area contributed by atoms with Crippen molar-refractivity contribution in [3.05, 3.63) is 36.0 Å². The van der Waals surface area contributed by atoms with Crippen molar-refractivity contribution >= 4 is 17.5 Å². The third-order valence-corrected chi connectivity index (χ3v) is 2.87. The average molecular weight is 295 g/mol. The monoisotopic (exact) mass is 295 g/mol. The Hall–Kier alpha value is -2.48. The summed E-state index contributed by atoms with van der Waals surface area (Å²) in [7, 11) is 0. The fraction of sp³-hybridized carbons (Fsp3) is 0.308. The molecule has 1 amide bonds. The van der Waals surface area contributed by atoms with Crippen LogP contribution in [0.15, 0.2) is 24.5 Å². The van der Waals surface area contributed by atoms with Gasteiger partial charge in [-0.3, -0.25) is 4.79 Å². The number of aliphatic carboxylic acids is 1. The van der Waals surface area contributed by atoms with Crippen LogP contribution in [0.3, 0.4) is 0 Å². The van der Waals surface area contributed by atoms with Crippen LogP contribution in [0.1, 0.15) is 12.6 Å². The molecule has 0 aliphatic rings. The van der Waals surface area contributed by atoms with Gasteiger partial charge in [0.25, 0.3) is 0 Å². The van der Waals surface area contributed by atoms with Gasteiger partial charge in [0.15, 0.2) is 6.04 Å². The Bertz CT molecular complexity index is 683. The topological polar surface area (TPSA) is 104 Å². The van der Waals surface area contributed by atoms with Crippen molar-refractivity contribution < 1.29 is 24.2 Å². The zero-order valence-corrected chi connectivity index (χ0v) is 11.2. The molecule has 7 nitrogen and oxygen atoms in total. The third-order valence-electron chi connectivity index (χ3n) is 2.87. The molecule has 0 radical (unpaired) electrons. The number of nitrogens with zero attached hydrogens (tertiary/aromatic N) is 2. The lowest BCUT2D eigenvalue weighted by Crippen LogP contribution is -2.48. The normalized spacial score (nSPS) is 13.9. The molecule has 2 aromatic rings. The first-order valence-electron chi connectivity index (χ1n) is 6.20. The van der Waals surface area contributed by atoms with E-state index in [1.807, 2.05) is 0 Å². The van der Waals surface area contributed by atoms with E-state index >= 15 is 0 Å². The Morgan fingerprint density at radius 1 is 1.43 bits per heavy atom. The molecule has 3 N–H and O–H groups in total. The summed E-state index contributed by atoms with van der Waals surface area (Å²) in [6, 6.07) is 1.33. The second kappa shape index (κ2) is 5.88. The van der Waals surface area contributed by atoms with Crippen LogP contribution in [0.25, 0.3) is 5.65 Å². The van der Waals surface area contributed by atoms with E-state index in [1.54, 1.807) is 0 Å². The number of halogens is 1. The number of aromatic nitrogens is 2. The largest absolute Gasteiger partial charge is 0.480 e. The number of rotatable bonds is 5. The van der Waals surface area contributed by atoms with Gasteiger partial charge in [0.05, 0.1) is 18.2 Å². The maximum absolute atomic E-state index is 13.0. The van der Waals surface area contributed by atoms with Crippen LogP contribution in [0.4, 0.5) is 4.39 Å². The molecule has 0 spiro atoms. The first kappa shape index (κ1) is 14.9. The summed E-state index contributed by atoms with van der Waals surface area (Å²) in [5.41, 5.74) is 0.845. The summed E-state index contributed by atoms with van der Waals surface area (Å²) in [6.07, 6.45) is 1.32. The van der Waals surface area contributed by atoms with Crippen LogP contribution in [0.2, 0.25) is 0 Å². The van der Waals surface area contributed by atoms with E-state index in [-0.39, 0.29) is 6.42 Å². The zero-order valence-electron chi connectivity index (χ0n) is 11.2. The SMILES string of the molecule is CC(O)C(NC(=O)Cc1cn2cc(F)ccc2n1)C(=O)O. The molecular weight excluding hydrogens is 281 g/mol. The number of carbonyl (C=O) groups is 2. The smallest absolute Gasteiger partial charge is 0.328 e. The molecular formula is C13H14FN3O4. The van der Waals surface area contributed by atoms with Crippen LogP contribution in [-0.4, -0.2) is 43.6 Å². The molecule has 0 aliphatic carbocycles. The van der Waals surface area contributed by atoms with Crippen molar-refractivity contribution in [3.63, 3.8) is 0 Å². The minimum atomic E-state index is -1.38. The molecule has 0 bridgehead atoms. The highest BCUT2D eigenvalue weighted by atomic mass is 19.1. The van der Waals surface area contributed by atoms with E-state index in [1.165, 1.54) is 35.9 Å². The number of carboxylic acids is 1. The number of imidazole rings is 1. The van der Waals surface area contributed by atoms with Gasteiger partial charge in [0.2, 0.25) is 5.91 Å². The summed E-state index contributed by atoms with van der Waals surface area (Å²) >= 11 is 0. The third kappa shape index (κ3) is 3.54. The van der Waals surface area contributed by atoms with Crippen LogP contribution in [0.5, 0.6) is 0 Å². The Balaban J connectivity index is 2.09. The second-order valence-electron chi connectivity index (χ2n) is 4.65. The Labute approximate surface area is 119 Å². The standard InChI is InChI=1S/C13H14FN3O4/c1-7(18)12(13(20)21)16-11(19)4-9-6-17-5-8(14)2-3-10(17)15-9/h2-3,5-7,12,18H,4H2,1H3,(H,16,19)(H,20,21). The molecule has 2 heterocycles. The van der Waals surface area contributed by atoms with Gasteiger partial charge in [-0.2, -0.15) is 0 Å². The number of pyridine rings is 1. The van der Waals surface area contributed by atoms with Crippen LogP contribution >= 0.6 is 0 Å². The van der Waals surface area contributed by atoms with Crippen molar-refractivity contribution in [2.24, 2.45) is 0 Å². The number of aliphatic hydroxyl groups is 1. The quantitative estimate of drug-likeness (QED) is 0.718. The summed E-state index contributed by atoms with van der Waals surface area (Å²) in [5.74, 6) is -2.35. The lowest BCUT2D eigenvalue weighted by molar-refractivity contribution is -0.144. The van der Waals surface area contributed by atoms with Gasteiger partial charge in [-0.05, 0) is 19.1 Å². The average Bonchev–Trinajstić information content (AvgIpc) is 2.76. The number of aliphatic hydroxyl groups excluding tert-OH is 1. The predicted octanol–water partition coefficient (Wildman–Crippen LogP) is -0.0339. The molecule has 0 aliphatic heterocycles. The van der Waals surface area contributed by atoms with Crippen molar-refractivity contribution in [2.45, 2.75) is 25.5 Å². The van der Waals surface area contributed by atoms with E-state index in [2.05, 4.69) is 10.3 Å². The summed E-state index contributed by atoms with van der Waals surface area (Å²) in [6.45, 7) is 1.27. The first-order valence-corrected chi connectivity index (χ1v) is 6.20. The van der Waals surface area contributed by atoms with Gasteiger partial charge >= 0.3 is 5.97 Å². The molecule has 8 heteroatoms. The second-order valence-corrected chi connectivity index (χ2v) is 4.65.